The number of aromatic nitrogens is 3. The van der Waals surface area contributed by atoms with Crippen molar-refractivity contribution in [1.29, 1.82) is 0 Å². The highest BCUT2D eigenvalue weighted by atomic mass is 16.5. The fourth-order valence-electron chi connectivity index (χ4n) is 8.15. The third-order valence-electron chi connectivity index (χ3n) is 9.40. The first-order valence-electron chi connectivity index (χ1n) is 13.5. The van der Waals surface area contributed by atoms with Gasteiger partial charge in [0.2, 0.25) is 5.69 Å². The van der Waals surface area contributed by atoms with E-state index in [0.29, 0.717) is 0 Å². The lowest BCUT2D eigenvalue weighted by Crippen LogP contribution is -2.71. The predicted molar refractivity (Wildman–Crippen MR) is 151 cm³/mol. The summed E-state index contributed by atoms with van der Waals surface area (Å²) in [6, 6.07) is 35.2. The van der Waals surface area contributed by atoms with Crippen molar-refractivity contribution in [3.63, 3.8) is 0 Å². The summed E-state index contributed by atoms with van der Waals surface area (Å²) in [4.78, 5) is 0. The molecule has 0 saturated carbocycles. The van der Waals surface area contributed by atoms with Crippen LogP contribution in [0.2, 0.25) is 0 Å². The molecule has 11 rings (SSSR count). The summed E-state index contributed by atoms with van der Waals surface area (Å²) >= 11 is 0. The highest BCUT2D eigenvalue weighted by Gasteiger charge is 2.68. The molecule has 3 aromatic heterocycles. The molecule has 0 amide bonds. The molecule has 4 nitrogen and oxygen atoms in total. The monoisotopic (exact) mass is 497 g/mol. The first-order chi connectivity index (χ1) is 19.4. The molecule has 0 fully saturated rings. The predicted octanol–water partition coefficient (Wildman–Crippen LogP) is 6.82. The molecule has 0 N–H and O–H groups in total. The van der Waals surface area contributed by atoms with Crippen molar-refractivity contribution < 1.29 is 13.9 Å². The molecule has 0 bridgehead atoms. The standard InChI is InChI=1S/C35H19N3O/c1-3-10-22-20(8-1)21-9-2-4-11-23(21)33-29(22)25-15-16-28-32-30(25)34-36(33)18-19-38(34)35(32)31-24(12-7-14-27(31)39-28)26-13-5-6-17-37(26)35/h1-19H/q+2. The molecule has 39 heavy (non-hydrogen) atoms. The number of nitrogens with zero attached hydrogens (tertiary/aromatic N) is 3. The maximum absolute atomic E-state index is 6.72. The van der Waals surface area contributed by atoms with Gasteiger partial charge in [0, 0.05) is 28.3 Å². The molecule has 3 aliphatic heterocycles. The topological polar surface area (TPSA) is 21.4 Å². The van der Waals surface area contributed by atoms with Gasteiger partial charge in [-0.05, 0) is 46.5 Å². The molecule has 0 saturated heterocycles. The van der Waals surface area contributed by atoms with Crippen molar-refractivity contribution in [2.45, 2.75) is 5.66 Å². The van der Waals surface area contributed by atoms with Crippen LogP contribution >= 0.6 is 0 Å². The fraction of sp³-hybridized carbons (Fsp3) is 0.0286. The lowest BCUT2D eigenvalue weighted by molar-refractivity contribution is -0.950. The smallest absolute Gasteiger partial charge is 0.371 e. The minimum Gasteiger partial charge on any atom is -0.456 e. The largest absolute Gasteiger partial charge is 0.456 e. The molecular formula is C35H19N3O+2. The highest BCUT2D eigenvalue weighted by molar-refractivity contribution is 6.32. The minimum absolute atomic E-state index is 0.532. The third-order valence-corrected chi connectivity index (χ3v) is 9.40. The van der Waals surface area contributed by atoms with Crippen LogP contribution < -0.4 is 13.9 Å². The first kappa shape index (κ1) is 18.9. The molecule has 178 valence electrons. The van der Waals surface area contributed by atoms with E-state index in [1.807, 2.05) is 0 Å². The summed E-state index contributed by atoms with van der Waals surface area (Å²) in [5.74, 6) is 1.87. The van der Waals surface area contributed by atoms with Crippen LogP contribution in [0, 0.1) is 0 Å². The molecule has 3 aliphatic rings. The van der Waals surface area contributed by atoms with Crippen LogP contribution in [0.15, 0.2) is 116 Å². The number of hydrogen-bond acceptors (Lipinski definition) is 1. The van der Waals surface area contributed by atoms with Crippen LogP contribution in [0.5, 0.6) is 11.5 Å². The zero-order valence-corrected chi connectivity index (χ0v) is 20.7. The van der Waals surface area contributed by atoms with Gasteiger partial charge in [-0.3, -0.25) is 0 Å². The summed E-state index contributed by atoms with van der Waals surface area (Å²) in [6.07, 6.45) is 6.78. The Balaban J connectivity index is 1.49. The molecule has 0 radical (unpaired) electrons. The van der Waals surface area contributed by atoms with Crippen LogP contribution in [0.1, 0.15) is 11.1 Å². The van der Waals surface area contributed by atoms with Crippen molar-refractivity contribution in [2.24, 2.45) is 0 Å². The molecular weight excluding hydrogens is 478 g/mol. The highest BCUT2D eigenvalue weighted by Crippen LogP contribution is 2.57. The number of hydrogen-bond donors (Lipinski definition) is 0. The van der Waals surface area contributed by atoms with E-state index in [4.69, 9.17) is 4.74 Å². The minimum atomic E-state index is -0.532. The zero-order chi connectivity index (χ0) is 25.0. The van der Waals surface area contributed by atoms with Gasteiger partial charge in [0.15, 0.2) is 6.20 Å². The van der Waals surface area contributed by atoms with E-state index in [9.17, 15) is 0 Å². The Bertz CT molecular complexity index is 2490. The van der Waals surface area contributed by atoms with E-state index in [2.05, 4.69) is 129 Å². The second kappa shape index (κ2) is 5.92. The summed E-state index contributed by atoms with van der Waals surface area (Å²) in [5.41, 5.74) is 6.84. The summed E-state index contributed by atoms with van der Waals surface area (Å²) < 4.78 is 14.1. The second-order valence-electron chi connectivity index (χ2n) is 10.9. The van der Waals surface area contributed by atoms with Crippen LogP contribution in [-0.4, -0.2) is 4.40 Å². The van der Waals surface area contributed by atoms with E-state index < -0.39 is 5.66 Å². The van der Waals surface area contributed by atoms with Gasteiger partial charge in [-0.25, -0.2) is 0 Å². The first-order valence-corrected chi connectivity index (χ1v) is 13.5. The van der Waals surface area contributed by atoms with Crippen molar-refractivity contribution in [3.8, 4) is 22.8 Å². The van der Waals surface area contributed by atoms with Gasteiger partial charge in [0.05, 0.1) is 10.9 Å². The maximum atomic E-state index is 6.72. The summed E-state index contributed by atoms with van der Waals surface area (Å²) in [5, 5.41) is 8.98. The summed E-state index contributed by atoms with van der Waals surface area (Å²) in [6.45, 7) is 0. The van der Waals surface area contributed by atoms with Gasteiger partial charge < -0.3 is 4.74 Å². The lowest BCUT2D eigenvalue weighted by Gasteiger charge is -2.27. The van der Waals surface area contributed by atoms with Crippen molar-refractivity contribution in [1.82, 2.24) is 4.40 Å². The van der Waals surface area contributed by atoms with E-state index in [0.717, 1.165) is 11.5 Å². The second-order valence-corrected chi connectivity index (χ2v) is 10.9. The molecule has 0 aliphatic carbocycles. The molecule has 1 atom stereocenters. The average Bonchev–Trinajstić information content (AvgIpc) is 3.66. The number of rotatable bonds is 0. The van der Waals surface area contributed by atoms with Gasteiger partial charge in [0.1, 0.15) is 40.5 Å². The number of imidazole rings is 1. The van der Waals surface area contributed by atoms with Crippen molar-refractivity contribution in [2.75, 3.05) is 0 Å². The average molecular weight is 498 g/mol. The Morgan fingerprint density at radius 1 is 0.564 bits per heavy atom. The molecule has 1 spiro atoms. The van der Waals surface area contributed by atoms with Gasteiger partial charge in [-0.15, -0.1) is 4.57 Å². The van der Waals surface area contributed by atoms with E-state index >= 15 is 0 Å². The Labute approximate surface area is 222 Å². The third kappa shape index (κ3) is 1.79. The van der Waals surface area contributed by atoms with Crippen molar-refractivity contribution >= 4 is 48.9 Å². The number of benzene rings is 5. The van der Waals surface area contributed by atoms with Gasteiger partial charge in [-0.1, -0.05) is 54.6 Å². The van der Waals surface area contributed by atoms with Gasteiger partial charge >= 0.3 is 11.3 Å². The Morgan fingerprint density at radius 2 is 1.33 bits per heavy atom. The summed E-state index contributed by atoms with van der Waals surface area (Å²) in [7, 11) is 0. The van der Waals surface area contributed by atoms with Gasteiger partial charge in [0.25, 0.3) is 0 Å². The fourth-order valence-corrected chi connectivity index (χ4v) is 8.15. The molecule has 4 heteroatoms. The number of pyridine rings is 2. The van der Waals surface area contributed by atoms with Crippen LogP contribution in [0.4, 0.5) is 0 Å². The lowest BCUT2D eigenvalue weighted by atomic mass is 9.85. The molecule has 8 aromatic rings. The van der Waals surface area contributed by atoms with Crippen LogP contribution in [0.25, 0.3) is 60.1 Å². The molecule has 5 aromatic carbocycles. The van der Waals surface area contributed by atoms with E-state index in [1.54, 1.807) is 0 Å². The quantitative estimate of drug-likeness (QED) is 0.166. The van der Waals surface area contributed by atoms with Gasteiger partial charge in [-0.2, -0.15) is 8.97 Å². The Kier molecular flexibility index (Phi) is 2.87. The SMILES string of the molecule is c1cc2c3c(c1)-c1cccc[n+]1C31c3c(ccc4c3c3n(cc[n+]31)c1c3ccccc3c3ccccc3c41)O2. The normalized spacial score (nSPS) is 17.5. The number of ether oxygens (including phenoxy) is 1. The van der Waals surface area contributed by atoms with E-state index in [-0.39, 0.29) is 0 Å². The number of fused-ring (bicyclic) bond motifs is 10. The van der Waals surface area contributed by atoms with E-state index in [1.165, 1.54) is 71.3 Å². The van der Waals surface area contributed by atoms with Crippen LogP contribution in [-0.2, 0) is 5.66 Å². The van der Waals surface area contributed by atoms with Crippen molar-refractivity contribution in [3.05, 3.63) is 127 Å². The Hall–Kier alpha value is -5.22. The maximum Gasteiger partial charge on any atom is 0.371 e. The Morgan fingerprint density at radius 3 is 2.23 bits per heavy atom. The zero-order valence-electron chi connectivity index (χ0n) is 20.7. The van der Waals surface area contributed by atoms with Crippen LogP contribution in [0.3, 0.4) is 0 Å². The molecule has 1 unspecified atom stereocenters. The molecule has 6 heterocycles.